The van der Waals surface area contributed by atoms with Gasteiger partial charge in [0.15, 0.2) is 0 Å². The van der Waals surface area contributed by atoms with Gasteiger partial charge in [-0.2, -0.15) is 0 Å². The topological polar surface area (TPSA) is 91.7 Å². The fraction of sp³-hybridized carbons (Fsp3) is 0.609. The van der Waals surface area contributed by atoms with Crippen molar-refractivity contribution in [2.24, 2.45) is 35.5 Å². The van der Waals surface area contributed by atoms with Crippen molar-refractivity contribution in [3.63, 3.8) is 0 Å². The van der Waals surface area contributed by atoms with Gasteiger partial charge in [0, 0.05) is 11.8 Å². The number of carbonyl (C=O) groups is 3. The molecule has 28 heavy (non-hydrogen) atoms. The van der Waals surface area contributed by atoms with E-state index >= 15 is 0 Å². The van der Waals surface area contributed by atoms with Gasteiger partial charge in [0.1, 0.15) is 5.78 Å². The average Bonchev–Trinajstić information content (AvgIpc) is 3.26. The van der Waals surface area contributed by atoms with E-state index in [0.717, 1.165) is 24.8 Å². The van der Waals surface area contributed by atoms with Gasteiger partial charge < -0.3 is 10.2 Å². The van der Waals surface area contributed by atoms with Crippen LogP contribution in [0.25, 0.3) is 0 Å². The van der Waals surface area contributed by atoms with Crippen molar-refractivity contribution in [3.05, 3.63) is 35.9 Å². The number of hydrogen-bond donors (Lipinski definition) is 2. The molecule has 5 heteroatoms. The Kier molecular flexibility index (Phi) is 6.53. The second kappa shape index (κ2) is 8.89. The Morgan fingerprint density at radius 3 is 2.46 bits per heavy atom. The summed E-state index contributed by atoms with van der Waals surface area (Å²) >= 11 is 0. The summed E-state index contributed by atoms with van der Waals surface area (Å²) in [6.07, 6.45) is 5.02. The van der Waals surface area contributed by atoms with Crippen LogP contribution in [0.1, 0.15) is 51.0 Å². The summed E-state index contributed by atoms with van der Waals surface area (Å²) < 4.78 is 0. The molecule has 5 nitrogen and oxygen atoms in total. The summed E-state index contributed by atoms with van der Waals surface area (Å²) in [4.78, 5) is 36.6. The molecule has 2 aliphatic carbocycles. The summed E-state index contributed by atoms with van der Waals surface area (Å²) in [6, 6.07) is 9.74. The summed E-state index contributed by atoms with van der Waals surface area (Å²) in [5.74, 6) is -3.34. The molecular formula is C23H30O5. The van der Waals surface area contributed by atoms with Crippen LogP contribution in [0.3, 0.4) is 0 Å². The molecule has 0 amide bonds. The minimum atomic E-state index is -0.879. The second-order valence-electron chi connectivity index (χ2n) is 8.66. The molecule has 2 aliphatic rings. The zero-order valence-electron chi connectivity index (χ0n) is 16.4. The minimum absolute atomic E-state index is 0.0345. The van der Waals surface area contributed by atoms with Gasteiger partial charge in [-0.25, -0.2) is 0 Å². The van der Waals surface area contributed by atoms with Gasteiger partial charge in [-0.3, -0.25) is 14.4 Å². The molecule has 6 atom stereocenters. The molecule has 2 N–H and O–H groups in total. The standard InChI is InChI=1S/C23H30O5/c1-14(12-17(22(25)26)11-10-15-6-3-2-4-7-15)21(24)20-18-9-5-8-16(18)13-19(20)23(27)28/h2-4,6-7,14,16-20H,5,8-13H2,1H3,(H,25,26)(H,27,28). The zero-order chi connectivity index (χ0) is 20.3. The molecule has 0 spiro atoms. The lowest BCUT2D eigenvalue weighted by Gasteiger charge is -2.25. The summed E-state index contributed by atoms with van der Waals surface area (Å²) in [7, 11) is 0. The number of rotatable bonds is 9. The van der Waals surface area contributed by atoms with Crippen molar-refractivity contribution in [2.45, 2.75) is 51.9 Å². The predicted octanol–water partition coefficient (Wildman–Crippen LogP) is 4.05. The summed E-state index contributed by atoms with van der Waals surface area (Å²) in [5.41, 5.74) is 1.09. The maximum atomic E-state index is 13.2. The molecule has 0 saturated heterocycles. The quantitative estimate of drug-likeness (QED) is 0.668. The molecule has 1 aromatic rings. The number of hydrogen-bond acceptors (Lipinski definition) is 3. The molecule has 2 fully saturated rings. The average molecular weight is 386 g/mol. The molecule has 0 bridgehead atoms. The van der Waals surface area contributed by atoms with Gasteiger partial charge in [-0.1, -0.05) is 50.1 Å². The highest BCUT2D eigenvalue weighted by molar-refractivity contribution is 5.89. The Bertz CT molecular complexity index is 713. The summed E-state index contributed by atoms with van der Waals surface area (Å²) in [6.45, 7) is 1.78. The van der Waals surface area contributed by atoms with Crippen molar-refractivity contribution < 1.29 is 24.6 Å². The molecule has 1 aromatic carbocycles. The first kappa shape index (κ1) is 20.6. The molecule has 3 rings (SSSR count). The normalized spacial score (nSPS) is 28.5. The van der Waals surface area contributed by atoms with Gasteiger partial charge in [0.2, 0.25) is 0 Å². The fourth-order valence-corrected chi connectivity index (χ4v) is 5.46. The van der Waals surface area contributed by atoms with Crippen LogP contribution >= 0.6 is 0 Å². The Morgan fingerprint density at radius 2 is 1.82 bits per heavy atom. The van der Waals surface area contributed by atoms with E-state index in [0.29, 0.717) is 25.2 Å². The number of benzene rings is 1. The highest BCUT2D eigenvalue weighted by Gasteiger charge is 2.52. The molecule has 0 aliphatic heterocycles. The van der Waals surface area contributed by atoms with Gasteiger partial charge >= 0.3 is 11.9 Å². The van der Waals surface area contributed by atoms with E-state index in [-0.39, 0.29) is 18.1 Å². The number of carbonyl (C=O) groups excluding carboxylic acids is 1. The van der Waals surface area contributed by atoms with E-state index in [4.69, 9.17) is 0 Å². The van der Waals surface area contributed by atoms with Crippen LogP contribution in [0.15, 0.2) is 30.3 Å². The van der Waals surface area contributed by atoms with Crippen molar-refractivity contribution in [1.29, 1.82) is 0 Å². The summed E-state index contributed by atoms with van der Waals surface area (Å²) in [5, 5.41) is 19.2. The SMILES string of the molecule is CC(CC(CCc1ccccc1)C(=O)O)C(=O)C1C(C(=O)O)CC2CCCC21. The van der Waals surface area contributed by atoms with E-state index in [1.54, 1.807) is 6.92 Å². The second-order valence-corrected chi connectivity index (χ2v) is 8.66. The van der Waals surface area contributed by atoms with Crippen LogP contribution in [-0.4, -0.2) is 27.9 Å². The molecule has 2 saturated carbocycles. The maximum absolute atomic E-state index is 13.2. The Labute approximate surface area is 166 Å². The van der Waals surface area contributed by atoms with Crippen LogP contribution < -0.4 is 0 Å². The van der Waals surface area contributed by atoms with E-state index in [1.807, 2.05) is 30.3 Å². The third-order valence-electron chi connectivity index (χ3n) is 6.91. The molecule has 6 unspecified atom stereocenters. The number of Topliss-reactive ketones (excluding diaryl/α,β-unsaturated/α-hetero) is 1. The first-order valence-electron chi connectivity index (χ1n) is 10.4. The van der Waals surface area contributed by atoms with Crippen LogP contribution in [0.2, 0.25) is 0 Å². The lowest BCUT2D eigenvalue weighted by atomic mass is 9.77. The minimum Gasteiger partial charge on any atom is -0.481 e. The van der Waals surface area contributed by atoms with Gasteiger partial charge in [0.05, 0.1) is 11.8 Å². The Balaban J connectivity index is 1.65. The van der Waals surface area contributed by atoms with Gasteiger partial charge in [-0.05, 0) is 49.5 Å². The molecule has 0 aromatic heterocycles. The van der Waals surface area contributed by atoms with Crippen molar-refractivity contribution in [3.8, 4) is 0 Å². The van der Waals surface area contributed by atoms with Crippen LogP contribution in [0.5, 0.6) is 0 Å². The number of fused-ring (bicyclic) bond motifs is 1. The van der Waals surface area contributed by atoms with Crippen LogP contribution in [0.4, 0.5) is 0 Å². The lowest BCUT2D eigenvalue weighted by molar-refractivity contribution is -0.148. The zero-order valence-corrected chi connectivity index (χ0v) is 16.4. The number of ketones is 1. The number of aliphatic carboxylic acids is 2. The monoisotopic (exact) mass is 386 g/mol. The van der Waals surface area contributed by atoms with E-state index in [1.165, 1.54) is 0 Å². The Hall–Kier alpha value is -2.17. The van der Waals surface area contributed by atoms with E-state index in [2.05, 4.69) is 0 Å². The fourth-order valence-electron chi connectivity index (χ4n) is 5.46. The third kappa shape index (κ3) is 4.45. The molecular weight excluding hydrogens is 356 g/mol. The maximum Gasteiger partial charge on any atom is 0.307 e. The molecule has 0 heterocycles. The van der Waals surface area contributed by atoms with E-state index in [9.17, 15) is 24.6 Å². The lowest BCUT2D eigenvalue weighted by Crippen LogP contribution is -2.34. The van der Waals surface area contributed by atoms with Crippen molar-refractivity contribution in [2.75, 3.05) is 0 Å². The number of carboxylic acid groups (broad SMARTS) is 2. The van der Waals surface area contributed by atoms with Gasteiger partial charge in [0.25, 0.3) is 0 Å². The van der Waals surface area contributed by atoms with Crippen molar-refractivity contribution in [1.82, 2.24) is 0 Å². The smallest absolute Gasteiger partial charge is 0.307 e. The van der Waals surface area contributed by atoms with E-state index < -0.39 is 35.6 Å². The molecule has 152 valence electrons. The Morgan fingerprint density at radius 1 is 1.11 bits per heavy atom. The highest BCUT2D eigenvalue weighted by atomic mass is 16.4. The first-order chi connectivity index (χ1) is 13.4. The first-order valence-corrected chi connectivity index (χ1v) is 10.4. The van der Waals surface area contributed by atoms with Gasteiger partial charge in [-0.15, -0.1) is 0 Å². The molecule has 0 radical (unpaired) electrons. The van der Waals surface area contributed by atoms with Crippen LogP contribution in [0, 0.1) is 35.5 Å². The predicted molar refractivity (Wildman–Crippen MR) is 105 cm³/mol. The largest absolute Gasteiger partial charge is 0.481 e. The number of carboxylic acids is 2. The van der Waals surface area contributed by atoms with Crippen LogP contribution in [-0.2, 0) is 20.8 Å². The van der Waals surface area contributed by atoms with Crippen molar-refractivity contribution >= 4 is 17.7 Å². The highest BCUT2D eigenvalue weighted by Crippen LogP contribution is 2.51. The third-order valence-corrected chi connectivity index (χ3v) is 6.91. The number of aryl methyl sites for hydroxylation is 1.